The van der Waals surface area contributed by atoms with Crippen molar-refractivity contribution in [2.45, 2.75) is 6.92 Å². The van der Waals surface area contributed by atoms with Crippen LogP contribution in [-0.4, -0.2) is 13.3 Å². The second-order valence-electron chi connectivity index (χ2n) is 2.62. The first-order valence-corrected chi connectivity index (χ1v) is 3.77. The van der Waals surface area contributed by atoms with E-state index in [0.717, 1.165) is 11.1 Å². The zero-order valence-electron chi connectivity index (χ0n) is 7.33. The summed E-state index contributed by atoms with van der Waals surface area (Å²) >= 11 is 0. The lowest BCUT2D eigenvalue weighted by Crippen LogP contribution is -1.88. The zero-order valence-corrected chi connectivity index (χ0v) is 7.33. The smallest absolute Gasteiger partial charge is 0.0330 e. The van der Waals surface area contributed by atoms with E-state index in [1.807, 2.05) is 25.1 Å². The van der Waals surface area contributed by atoms with Crippen LogP contribution < -0.4 is 0 Å². The van der Waals surface area contributed by atoms with Crippen molar-refractivity contribution in [1.29, 1.82) is 0 Å². The molecule has 0 aliphatic rings. The molecule has 12 heavy (non-hydrogen) atoms. The Hall–Kier alpha value is -1.55. The van der Waals surface area contributed by atoms with Crippen molar-refractivity contribution >= 4 is 6.21 Å². The van der Waals surface area contributed by atoms with Gasteiger partial charge in [-0.05, 0) is 19.1 Å². The second-order valence-corrected chi connectivity index (χ2v) is 2.62. The number of benzene rings is 1. The summed E-state index contributed by atoms with van der Waals surface area (Å²) in [7, 11) is 1.74. The largest absolute Gasteiger partial charge is 0.296 e. The van der Waals surface area contributed by atoms with Crippen LogP contribution in [0.1, 0.15) is 16.7 Å². The molecule has 60 valence electrons. The summed E-state index contributed by atoms with van der Waals surface area (Å²) in [5.41, 5.74) is 3.11. The van der Waals surface area contributed by atoms with Crippen molar-refractivity contribution in [2.75, 3.05) is 7.05 Å². The highest BCUT2D eigenvalue weighted by molar-refractivity contribution is 5.83. The summed E-state index contributed by atoms with van der Waals surface area (Å²) < 4.78 is 0. The number of aliphatic imine (C=N–C) groups is 1. The van der Waals surface area contributed by atoms with Gasteiger partial charge in [-0.3, -0.25) is 4.99 Å². The van der Waals surface area contributed by atoms with E-state index in [1.165, 1.54) is 5.56 Å². The molecule has 0 fully saturated rings. The fraction of sp³-hybridized carbons (Fsp3) is 0.182. The third kappa shape index (κ3) is 1.73. The predicted octanol–water partition coefficient (Wildman–Crippen LogP) is 2.03. The van der Waals surface area contributed by atoms with Gasteiger partial charge in [-0.25, -0.2) is 0 Å². The van der Waals surface area contributed by atoms with Crippen molar-refractivity contribution in [1.82, 2.24) is 0 Å². The topological polar surface area (TPSA) is 12.4 Å². The number of nitrogens with zero attached hydrogens (tertiary/aromatic N) is 1. The van der Waals surface area contributed by atoms with E-state index in [4.69, 9.17) is 6.42 Å². The summed E-state index contributed by atoms with van der Waals surface area (Å²) in [6.45, 7) is 2.04. The van der Waals surface area contributed by atoms with Gasteiger partial charge in [0.25, 0.3) is 0 Å². The van der Waals surface area contributed by atoms with Crippen LogP contribution >= 0.6 is 0 Å². The summed E-state index contributed by atoms with van der Waals surface area (Å²) in [4.78, 5) is 3.94. The number of terminal acetylenes is 1. The van der Waals surface area contributed by atoms with Crippen molar-refractivity contribution in [3.63, 3.8) is 0 Å². The lowest BCUT2D eigenvalue weighted by molar-refractivity contribution is 1.42. The normalized spacial score (nSPS) is 10.1. The summed E-state index contributed by atoms with van der Waals surface area (Å²) in [6, 6.07) is 5.97. The molecule has 1 heteroatoms. The Morgan fingerprint density at radius 3 is 2.83 bits per heavy atom. The molecule has 1 nitrogen and oxygen atoms in total. The van der Waals surface area contributed by atoms with E-state index in [2.05, 4.69) is 10.9 Å². The lowest BCUT2D eigenvalue weighted by Gasteiger charge is -1.99. The zero-order chi connectivity index (χ0) is 8.97. The predicted molar refractivity (Wildman–Crippen MR) is 52.6 cm³/mol. The number of aryl methyl sites for hydroxylation is 1. The van der Waals surface area contributed by atoms with Crippen LogP contribution in [0.15, 0.2) is 23.2 Å². The van der Waals surface area contributed by atoms with Gasteiger partial charge in [0.05, 0.1) is 0 Å². The van der Waals surface area contributed by atoms with Crippen molar-refractivity contribution in [2.24, 2.45) is 4.99 Å². The van der Waals surface area contributed by atoms with Gasteiger partial charge < -0.3 is 0 Å². The molecule has 0 aromatic heterocycles. The van der Waals surface area contributed by atoms with Crippen LogP contribution in [0.4, 0.5) is 0 Å². The van der Waals surface area contributed by atoms with Crippen LogP contribution in [-0.2, 0) is 0 Å². The van der Waals surface area contributed by atoms with E-state index in [1.54, 1.807) is 13.3 Å². The SMILES string of the molecule is C#Cc1ccc(C)cc1C=NC. The lowest BCUT2D eigenvalue weighted by atomic mass is 10.1. The average molecular weight is 157 g/mol. The second kappa shape index (κ2) is 3.73. The molecule has 0 aliphatic heterocycles. The first kappa shape index (κ1) is 8.55. The highest BCUT2D eigenvalue weighted by Gasteiger charge is 1.95. The number of hydrogen-bond donors (Lipinski definition) is 0. The first-order chi connectivity index (χ1) is 5.77. The third-order valence-corrected chi connectivity index (χ3v) is 1.63. The van der Waals surface area contributed by atoms with Crippen molar-refractivity contribution in [3.8, 4) is 12.3 Å². The fourth-order valence-corrected chi connectivity index (χ4v) is 1.06. The average Bonchev–Trinajstić information content (AvgIpc) is 2.05. The molecule has 0 saturated carbocycles. The van der Waals surface area contributed by atoms with Gasteiger partial charge >= 0.3 is 0 Å². The van der Waals surface area contributed by atoms with Crippen molar-refractivity contribution in [3.05, 3.63) is 34.9 Å². The Kier molecular flexibility index (Phi) is 2.66. The molecule has 0 saturated heterocycles. The molecule has 0 unspecified atom stereocenters. The Labute approximate surface area is 73.2 Å². The summed E-state index contributed by atoms with van der Waals surface area (Å²) in [5.74, 6) is 2.62. The summed E-state index contributed by atoms with van der Waals surface area (Å²) in [5, 5.41) is 0. The quantitative estimate of drug-likeness (QED) is 0.437. The minimum Gasteiger partial charge on any atom is -0.296 e. The maximum absolute atomic E-state index is 5.32. The number of hydrogen-bond acceptors (Lipinski definition) is 1. The van der Waals surface area contributed by atoms with E-state index >= 15 is 0 Å². The van der Waals surface area contributed by atoms with E-state index in [-0.39, 0.29) is 0 Å². The molecule has 0 bridgehead atoms. The molecule has 0 atom stereocenters. The van der Waals surface area contributed by atoms with Gasteiger partial charge in [-0.2, -0.15) is 0 Å². The molecular formula is C11H11N. The molecule has 1 rings (SSSR count). The molecule has 0 heterocycles. The Morgan fingerprint density at radius 2 is 2.25 bits per heavy atom. The molecule has 0 amide bonds. The van der Waals surface area contributed by atoms with Crippen molar-refractivity contribution < 1.29 is 0 Å². The minimum absolute atomic E-state index is 0.895. The highest BCUT2D eigenvalue weighted by Crippen LogP contribution is 2.08. The standard InChI is InChI=1S/C11H11N/c1-4-10-6-5-9(2)7-11(10)8-12-3/h1,5-8H,2-3H3. The van der Waals surface area contributed by atoms with Gasteiger partial charge in [0, 0.05) is 24.4 Å². The number of rotatable bonds is 1. The highest BCUT2D eigenvalue weighted by atomic mass is 14.6. The van der Waals surface area contributed by atoms with Gasteiger partial charge in [0.1, 0.15) is 0 Å². The monoisotopic (exact) mass is 157 g/mol. The van der Waals surface area contributed by atoms with Gasteiger partial charge in [-0.1, -0.05) is 17.6 Å². The van der Waals surface area contributed by atoms with E-state index in [0.29, 0.717) is 0 Å². The van der Waals surface area contributed by atoms with Crippen LogP contribution in [0.5, 0.6) is 0 Å². The fourth-order valence-electron chi connectivity index (χ4n) is 1.06. The van der Waals surface area contributed by atoms with Crippen LogP contribution in [0.25, 0.3) is 0 Å². The minimum atomic E-state index is 0.895. The Morgan fingerprint density at radius 1 is 1.50 bits per heavy atom. The van der Waals surface area contributed by atoms with Crippen LogP contribution in [0, 0.1) is 19.3 Å². The van der Waals surface area contributed by atoms with Crippen LogP contribution in [0.3, 0.4) is 0 Å². The van der Waals surface area contributed by atoms with Gasteiger partial charge in [-0.15, -0.1) is 6.42 Å². The molecule has 0 aliphatic carbocycles. The summed E-state index contributed by atoms with van der Waals surface area (Å²) in [6.07, 6.45) is 7.10. The molecular weight excluding hydrogens is 146 g/mol. The Bertz CT molecular complexity index is 343. The molecule has 1 aromatic rings. The third-order valence-electron chi connectivity index (χ3n) is 1.63. The molecule has 0 radical (unpaired) electrons. The first-order valence-electron chi connectivity index (χ1n) is 3.77. The van der Waals surface area contributed by atoms with Gasteiger partial charge in [0.15, 0.2) is 0 Å². The molecule has 1 aromatic carbocycles. The van der Waals surface area contributed by atoms with Crippen LogP contribution in [0.2, 0.25) is 0 Å². The van der Waals surface area contributed by atoms with E-state index < -0.39 is 0 Å². The maximum atomic E-state index is 5.32. The van der Waals surface area contributed by atoms with Gasteiger partial charge in [0.2, 0.25) is 0 Å². The maximum Gasteiger partial charge on any atom is 0.0330 e. The molecule has 0 N–H and O–H groups in total. The van der Waals surface area contributed by atoms with E-state index in [9.17, 15) is 0 Å². The Balaban J connectivity index is 3.24. The molecule has 0 spiro atoms.